The lowest BCUT2D eigenvalue weighted by Crippen LogP contribution is -2.54. The minimum Gasteiger partial charge on any atom is -0.389 e. The fourth-order valence-corrected chi connectivity index (χ4v) is 5.43. The molecule has 8 nitrogen and oxygen atoms in total. The molecule has 2 heterocycles. The van der Waals surface area contributed by atoms with Crippen molar-refractivity contribution in [3.63, 3.8) is 0 Å². The highest BCUT2D eigenvalue weighted by Gasteiger charge is 2.49. The van der Waals surface area contributed by atoms with Gasteiger partial charge in [0.2, 0.25) is 10.0 Å². The van der Waals surface area contributed by atoms with Crippen LogP contribution in [-0.4, -0.2) is 60.8 Å². The van der Waals surface area contributed by atoms with E-state index in [1.54, 1.807) is 48.4 Å². The van der Waals surface area contributed by atoms with Crippen LogP contribution in [0, 0.1) is 0 Å². The van der Waals surface area contributed by atoms with Crippen LogP contribution in [0.1, 0.15) is 41.8 Å². The Morgan fingerprint density at radius 1 is 1.06 bits per heavy atom. The van der Waals surface area contributed by atoms with Crippen LogP contribution < -0.4 is 0 Å². The summed E-state index contributed by atoms with van der Waals surface area (Å²) in [7, 11) is -3.66. The Labute approximate surface area is 182 Å². The van der Waals surface area contributed by atoms with Gasteiger partial charge in [-0.3, -0.25) is 0 Å². The summed E-state index contributed by atoms with van der Waals surface area (Å²) in [6, 6.07) is 15.0. The minimum absolute atomic E-state index is 0.188. The van der Waals surface area contributed by atoms with Crippen LogP contribution in [0.4, 0.5) is 0 Å². The molecule has 4 rings (SSSR count). The van der Waals surface area contributed by atoms with Gasteiger partial charge in [-0.1, -0.05) is 30.3 Å². The second-order valence-electron chi connectivity index (χ2n) is 7.79. The van der Waals surface area contributed by atoms with Crippen molar-refractivity contribution >= 4 is 16.0 Å². The molecule has 1 spiro atoms. The van der Waals surface area contributed by atoms with Crippen LogP contribution in [0.15, 0.2) is 59.5 Å². The first kappa shape index (κ1) is 21.9. The Hall–Kier alpha value is -2.30. The van der Waals surface area contributed by atoms with E-state index in [1.165, 1.54) is 16.4 Å². The van der Waals surface area contributed by atoms with Crippen molar-refractivity contribution in [3.8, 4) is 0 Å². The average Bonchev–Trinajstić information content (AvgIpc) is 3.16. The number of hydroxylamine groups is 2. The summed E-state index contributed by atoms with van der Waals surface area (Å²) in [5, 5.41) is 11.2. The van der Waals surface area contributed by atoms with Gasteiger partial charge in [0, 0.05) is 25.9 Å². The third-order valence-electron chi connectivity index (χ3n) is 5.83. The predicted octanol–water partition coefficient (Wildman–Crippen LogP) is 2.32. The Kier molecular flexibility index (Phi) is 6.14. The van der Waals surface area contributed by atoms with Crippen LogP contribution in [-0.2, 0) is 19.6 Å². The lowest BCUT2D eigenvalue weighted by Gasteiger charge is -2.41. The van der Waals surface area contributed by atoms with Crippen LogP contribution in [0.3, 0.4) is 0 Å². The fourth-order valence-electron chi connectivity index (χ4n) is 3.99. The number of aliphatic hydroxyl groups excluding tert-OH is 1. The third kappa shape index (κ3) is 4.37. The summed E-state index contributed by atoms with van der Waals surface area (Å²) >= 11 is 0. The van der Waals surface area contributed by atoms with Crippen molar-refractivity contribution in [2.45, 2.75) is 36.5 Å². The first-order valence-electron chi connectivity index (χ1n) is 10.3. The van der Waals surface area contributed by atoms with Gasteiger partial charge in [-0.15, -0.1) is 5.06 Å². The standard InChI is InChI=1S/C22H26N2O6S/c1-17(25)18-7-9-20(10-8-18)31(27,28)23-13-11-22(12-14-23)24(15-16-29-22)30-21(26)19-5-3-2-4-6-19/h2-10,17,25H,11-16H2,1H3. The number of aliphatic hydroxyl groups is 1. The number of rotatable bonds is 5. The monoisotopic (exact) mass is 446 g/mol. The number of piperidine rings is 1. The summed E-state index contributed by atoms with van der Waals surface area (Å²) in [5.41, 5.74) is 0.295. The molecule has 2 aromatic rings. The second-order valence-corrected chi connectivity index (χ2v) is 9.73. The molecule has 0 amide bonds. The molecule has 9 heteroatoms. The van der Waals surface area contributed by atoms with E-state index in [9.17, 15) is 18.3 Å². The summed E-state index contributed by atoms with van der Waals surface area (Å²) in [4.78, 5) is 18.3. The molecule has 2 aliphatic rings. The third-order valence-corrected chi connectivity index (χ3v) is 7.74. The van der Waals surface area contributed by atoms with Crippen LogP contribution in [0.2, 0.25) is 0 Å². The number of benzene rings is 2. The molecular formula is C22H26N2O6S. The summed E-state index contributed by atoms with van der Waals surface area (Å²) in [5.74, 6) is -0.460. The van der Waals surface area contributed by atoms with Gasteiger partial charge in [-0.2, -0.15) is 4.31 Å². The topological polar surface area (TPSA) is 96.4 Å². The maximum atomic E-state index is 13.0. The molecule has 1 atom stereocenters. The molecule has 0 saturated carbocycles. The molecule has 0 radical (unpaired) electrons. The van der Waals surface area contributed by atoms with E-state index in [0.29, 0.717) is 37.1 Å². The van der Waals surface area contributed by atoms with Gasteiger partial charge < -0.3 is 14.7 Å². The molecule has 31 heavy (non-hydrogen) atoms. The van der Waals surface area contributed by atoms with Crippen molar-refractivity contribution in [3.05, 3.63) is 65.7 Å². The largest absolute Gasteiger partial charge is 0.389 e. The first-order chi connectivity index (χ1) is 14.8. The van der Waals surface area contributed by atoms with Crippen LogP contribution >= 0.6 is 0 Å². The summed E-state index contributed by atoms with van der Waals surface area (Å²) in [6.45, 7) is 2.98. The Morgan fingerprint density at radius 3 is 2.32 bits per heavy atom. The van der Waals surface area contributed by atoms with Gasteiger partial charge >= 0.3 is 5.97 Å². The highest BCUT2D eigenvalue weighted by Crippen LogP contribution is 2.36. The maximum absolute atomic E-state index is 13.0. The Morgan fingerprint density at radius 2 is 1.71 bits per heavy atom. The maximum Gasteiger partial charge on any atom is 0.357 e. The van der Waals surface area contributed by atoms with E-state index in [1.807, 2.05) is 6.07 Å². The Bertz CT molecular complexity index is 1020. The number of ether oxygens (including phenoxy) is 1. The molecule has 2 aromatic carbocycles. The van der Waals surface area contributed by atoms with Crippen LogP contribution in [0.25, 0.3) is 0 Å². The van der Waals surface area contributed by atoms with Gasteiger partial charge in [0.05, 0.1) is 29.7 Å². The number of carbonyl (C=O) groups is 1. The lowest BCUT2D eigenvalue weighted by atomic mass is 10.0. The average molecular weight is 447 g/mol. The molecule has 0 aliphatic carbocycles. The SMILES string of the molecule is CC(O)c1ccc(S(=O)(=O)N2CCC3(CC2)OCCN3OC(=O)c2ccccc2)cc1. The lowest BCUT2D eigenvalue weighted by molar-refractivity contribution is -0.236. The Balaban J connectivity index is 1.43. The molecule has 1 N–H and O–H groups in total. The number of sulfonamides is 1. The van der Waals surface area contributed by atoms with E-state index in [4.69, 9.17) is 9.57 Å². The molecular weight excluding hydrogens is 420 g/mol. The van der Waals surface area contributed by atoms with Gasteiger partial charge in [0.25, 0.3) is 0 Å². The fraction of sp³-hybridized carbons (Fsp3) is 0.409. The van der Waals surface area contributed by atoms with Gasteiger partial charge in [-0.25, -0.2) is 13.2 Å². The van der Waals surface area contributed by atoms with Crippen molar-refractivity contribution in [1.82, 2.24) is 9.37 Å². The first-order valence-corrected chi connectivity index (χ1v) is 11.7. The zero-order valence-corrected chi connectivity index (χ0v) is 18.1. The number of hydrogen-bond donors (Lipinski definition) is 1. The zero-order chi connectivity index (χ0) is 22.1. The molecule has 0 aromatic heterocycles. The van der Waals surface area contributed by atoms with E-state index < -0.39 is 27.8 Å². The molecule has 2 aliphatic heterocycles. The predicted molar refractivity (Wildman–Crippen MR) is 112 cm³/mol. The molecule has 0 bridgehead atoms. The molecule has 2 fully saturated rings. The van der Waals surface area contributed by atoms with Gasteiger partial charge in [0.15, 0.2) is 5.72 Å². The van der Waals surface area contributed by atoms with E-state index in [0.717, 1.165) is 0 Å². The van der Waals surface area contributed by atoms with Gasteiger partial charge in [0.1, 0.15) is 0 Å². The number of nitrogens with zero attached hydrogens (tertiary/aromatic N) is 2. The normalized spacial score (nSPS) is 20.6. The molecule has 2 saturated heterocycles. The molecule has 1 unspecified atom stereocenters. The van der Waals surface area contributed by atoms with E-state index in [-0.39, 0.29) is 18.0 Å². The van der Waals surface area contributed by atoms with Crippen molar-refractivity contribution in [1.29, 1.82) is 0 Å². The number of hydrogen-bond acceptors (Lipinski definition) is 7. The highest BCUT2D eigenvalue weighted by molar-refractivity contribution is 7.89. The smallest absolute Gasteiger partial charge is 0.357 e. The van der Waals surface area contributed by atoms with Crippen molar-refractivity contribution < 1.29 is 27.9 Å². The van der Waals surface area contributed by atoms with Crippen LogP contribution in [0.5, 0.6) is 0 Å². The summed E-state index contributed by atoms with van der Waals surface area (Å²) in [6.07, 6.45) is 0.121. The number of carbonyl (C=O) groups excluding carboxylic acids is 1. The van der Waals surface area contributed by atoms with Crippen molar-refractivity contribution in [2.75, 3.05) is 26.2 Å². The summed E-state index contributed by atoms with van der Waals surface area (Å²) < 4.78 is 33.4. The molecule has 166 valence electrons. The van der Waals surface area contributed by atoms with E-state index in [2.05, 4.69) is 0 Å². The minimum atomic E-state index is -3.66. The highest BCUT2D eigenvalue weighted by atomic mass is 32.2. The van der Waals surface area contributed by atoms with Crippen molar-refractivity contribution in [2.24, 2.45) is 0 Å². The zero-order valence-electron chi connectivity index (χ0n) is 17.3. The van der Waals surface area contributed by atoms with Gasteiger partial charge in [-0.05, 0) is 36.8 Å². The van der Waals surface area contributed by atoms with E-state index >= 15 is 0 Å². The quantitative estimate of drug-likeness (QED) is 0.753. The second kappa shape index (κ2) is 8.68.